The van der Waals surface area contributed by atoms with E-state index in [4.69, 9.17) is 0 Å². The minimum Gasteiger partial charge on any atom is -0.342 e. The molecule has 0 N–H and O–H groups in total. The van der Waals surface area contributed by atoms with Gasteiger partial charge in [-0.15, -0.1) is 16.8 Å². The van der Waals surface area contributed by atoms with Crippen molar-refractivity contribution in [2.45, 2.75) is 32.1 Å². The molecule has 1 atom stereocenters. The van der Waals surface area contributed by atoms with E-state index in [1.807, 2.05) is 16.5 Å². The molecule has 7 heteroatoms. The largest absolute Gasteiger partial charge is 0.342 e. The van der Waals surface area contributed by atoms with Crippen LogP contribution >= 0.6 is 0 Å². The molecule has 3 rings (SSSR count). The second kappa shape index (κ2) is 7.80. The molecule has 2 aliphatic rings. The number of carbonyl (C=O) groups is 2. The molecule has 0 aliphatic carbocycles. The fourth-order valence-corrected chi connectivity index (χ4v) is 3.81. The standard InChI is InChI=1S/C18H27N5O2/c1-3-8-23-12-15(4-5-17(23)24)18(25)22-9-6-14(7-10-22)11-16-20-19-13-21(16)2/h3,13-15H,1,4-12H2,2H3. The zero-order valence-corrected chi connectivity index (χ0v) is 14.9. The number of aromatic nitrogens is 3. The van der Waals surface area contributed by atoms with Crippen LogP contribution in [-0.2, 0) is 23.1 Å². The zero-order chi connectivity index (χ0) is 17.8. The van der Waals surface area contributed by atoms with Crippen molar-refractivity contribution in [3.63, 3.8) is 0 Å². The number of piperidine rings is 2. The number of rotatable bonds is 5. The van der Waals surface area contributed by atoms with Gasteiger partial charge in [-0.05, 0) is 25.2 Å². The molecule has 0 radical (unpaired) electrons. The average Bonchev–Trinajstić information content (AvgIpc) is 3.02. The Bertz CT molecular complexity index is 633. The molecule has 2 aliphatic heterocycles. The van der Waals surface area contributed by atoms with Gasteiger partial charge in [-0.2, -0.15) is 0 Å². The van der Waals surface area contributed by atoms with E-state index < -0.39 is 0 Å². The molecule has 2 fully saturated rings. The number of likely N-dealkylation sites (tertiary alicyclic amines) is 2. The van der Waals surface area contributed by atoms with Crippen molar-refractivity contribution in [2.24, 2.45) is 18.9 Å². The minimum atomic E-state index is -0.0621. The van der Waals surface area contributed by atoms with Crippen molar-refractivity contribution in [1.82, 2.24) is 24.6 Å². The molecule has 1 unspecified atom stereocenters. The Labute approximate surface area is 148 Å². The van der Waals surface area contributed by atoms with Gasteiger partial charge in [-0.3, -0.25) is 9.59 Å². The first-order valence-electron chi connectivity index (χ1n) is 9.08. The highest BCUT2D eigenvalue weighted by molar-refractivity contribution is 5.84. The molecule has 0 spiro atoms. The Hall–Kier alpha value is -2.18. The number of carbonyl (C=O) groups excluding carboxylic acids is 2. The van der Waals surface area contributed by atoms with E-state index >= 15 is 0 Å². The van der Waals surface area contributed by atoms with Crippen molar-refractivity contribution >= 4 is 11.8 Å². The lowest BCUT2D eigenvalue weighted by Gasteiger charge is -2.37. The third kappa shape index (κ3) is 4.08. The molecule has 7 nitrogen and oxygen atoms in total. The second-order valence-corrected chi connectivity index (χ2v) is 7.15. The van der Waals surface area contributed by atoms with Gasteiger partial charge < -0.3 is 14.4 Å². The van der Waals surface area contributed by atoms with E-state index in [0.717, 1.165) is 38.2 Å². The molecular weight excluding hydrogens is 318 g/mol. The van der Waals surface area contributed by atoms with E-state index in [-0.39, 0.29) is 17.7 Å². The predicted molar refractivity (Wildman–Crippen MR) is 93.5 cm³/mol. The normalized spacial score (nSPS) is 22.3. The highest BCUT2D eigenvalue weighted by atomic mass is 16.2. The van der Waals surface area contributed by atoms with E-state index in [1.165, 1.54) is 0 Å². The summed E-state index contributed by atoms with van der Waals surface area (Å²) in [6.07, 6.45) is 7.51. The SMILES string of the molecule is C=CCN1CC(C(=O)N2CCC(Cc3nncn3C)CC2)CCC1=O. The van der Waals surface area contributed by atoms with Gasteiger partial charge in [0.15, 0.2) is 0 Å². The highest BCUT2D eigenvalue weighted by Crippen LogP contribution is 2.25. The Morgan fingerprint density at radius 3 is 2.76 bits per heavy atom. The number of hydrogen-bond acceptors (Lipinski definition) is 4. The van der Waals surface area contributed by atoms with Gasteiger partial charge in [-0.1, -0.05) is 6.08 Å². The molecule has 1 aromatic rings. The van der Waals surface area contributed by atoms with Gasteiger partial charge in [0, 0.05) is 46.1 Å². The minimum absolute atomic E-state index is 0.0621. The van der Waals surface area contributed by atoms with Crippen LogP contribution in [0.15, 0.2) is 19.0 Å². The van der Waals surface area contributed by atoms with Crippen molar-refractivity contribution in [3.8, 4) is 0 Å². The highest BCUT2D eigenvalue weighted by Gasteiger charge is 2.33. The molecule has 0 aromatic carbocycles. The van der Waals surface area contributed by atoms with Crippen LogP contribution in [-0.4, -0.2) is 62.6 Å². The first-order chi connectivity index (χ1) is 12.1. The second-order valence-electron chi connectivity index (χ2n) is 7.15. The number of amides is 2. The molecule has 0 bridgehead atoms. The summed E-state index contributed by atoms with van der Waals surface area (Å²) in [5.41, 5.74) is 0. The van der Waals surface area contributed by atoms with Crippen LogP contribution < -0.4 is 0 Å². The predicted octanol–water partition coefficient (Wildman–Crippen LogP) is 1.02. The first-order valence-corrected chi connectivity index (χ1v) is 9.08. The maximum Gasteiger partial charge on any atom is 0.227 e. The van der Waals surface area contributed by atoms with Crippen molar-refractivity contribution in [2.75, 3.05) is 26.2 Å². The summed E-state index contributed by atoms with van der Waals surface area (Å²) in [5, 5.41) is 8.09. The average molecular weight is 345 g/mol. The van der Waals surface area contributed by atoms with Gasteiger partial charge in [0.1, 0.15) is 12.2 Å². The van der Waals surface area contributed by atoms with Gasteiger partial charge in [0.2, 0.25) is 11.8 Å². The van der Waals surface area contributed by atoms with E-state index in [2.05, 4.69) is 16.8 Å². The van der Waals surface area contributed by atoms with Crippen LogP contribution in [0.4, 0.5) is 0 Å². The van der Waals surface area contributed by atoms with Crippen molar-refractivity contribution in [1.29, 1.82) is 0 Å². The molecule has 136 valence electrons. The quantitative estimate of drug-likeness (QED) is 0.747. The molecule has 2 amide bonds. The number of aryl methyl sites for hydroxylation is 1. The van der Waals surface area contributed by atoms with E-state index in [1.54, 1.807) is 17.3 Å². The van der Waals surface area contributed by atoms with Gasteiger partial charge in [0.05, 0.1) is 5.92 Å². The van der Waals surface area contributed by atoms with Crippen LogP contribution in [0.2, 0.25) is 0 Å². The van der Waals surface area contributed by atoms with Crippen LogP contribution in [0.1, 0.15) is 31.5 Å². The van der Waals surface area contributed by atoms with Crippen LogP contribution in [0.25, 0.3) is 0 Å². The Morgan fingerprint density at radius 1 is 1.36 bits per heavy atom. The molecule has 3 heterocycles. The maximum atomic E-state index is 12.8. The van der Waals surface area contributed by atoms with Gasteiger partial charge in [0.25, 0.3) is 0 Å². The number of nitrogens with zero attached hydrogens (tertiary/aromatic N) is 5. The van der Waals surface area contributed by atoms with Crippen LogP contribution in [0.5, 0.6) is 0 Å². The first kappa shape index (κ1) is 17.6. The Morgan fingerprint density at radius 2 is 2.12 bits per heavy atom. The lowest BCUT2D eigenvalue weighted by Crippen LogP contribution is -2.49. The fourth-order valence-electron chi connectivity index (χ4n) is 3.81. The lowest BCUT2D eigenvalue weighted by atomic mass is 9.90. The van der Waals surface area contributed by atoms with Crippen molar-refractivity contribution < 1.29 is 9.59 Å². The monoisotopic (exact) mass is 345 g/mol. The molecule has 1 aromatic heterocycles. The summed E-state index contributed by atoms with van der Waals surface area (Å²) in [6.45, 7) is 6.35. The van der Waals surface area contributed by atoms with Crippen molar-refractivity contribution in [3.05, 3.63) is 24.8 Å². The summed E-state index contributed by atoms with van der Waals surface area (Å²) in [5.74, 6) is 1.84. The zero-order valence-electron chi connectivity index (χ0n) is 14.9. The molecule has 2 saturated heterocycles. The molecule has 25 heavy (non-hydrogen) atoms. The Balaban J connectivity index is 1.50. The molecule has 0 saturated carbocycles. The summed E-state index contributed by atoms with van der Waals surface area (Å²) in [7, 11) is 1.97. The topological polar surface area (TPSA) is 71.3 Å². The summed E-state index contributed by atoms with van der Waals surface area (Å²) < 4.78 is 1.96. The van der Waals surface area contributed by atoms with Crippen LogP contribution in [0, 0.1) is 11.8 Å². The Kier molecular flexibility index (Phi) is 5.50. The molecular formula is C18H27N5O2. The lowest BCUT2D eigenvalue weighted by molar-refractivity contribution is -0.143. The van der Waals surface area contributed by atoms with E-state index in [0.29, 0.717) is 31.8 Å². The number of hydrogen-bond donors (Lipinski definition) is 0. The maximum absolute atomic E-state index is 12.8. The van der Waals surface area contributed by atoms with Gasteiger partial charge in [-0.25, -0.2) is 0 Å². The van der Waals surface area contributed by atoms with Crippen LogP contribution in [0.3, 0.4) is 0 Å². The summed E-state index contributed by atoms with van der Waals surface area (Å²) in [6, 6.07) is 0. The summed E-state index contributed by atoms with van der Waals surface area (Å²) >= 11 is 0. The summed E-state index contributed by atoms with van der Waals surface area (Å²) in [4.78, 5) is 28.4. The fraction of sp³-hybridized carbons (Fsp3) is 0.667. The van der Waals surface area contributed by atoms with E-state index in [9.17, 15) is 9.59 Å². The third-order valence-electron chi connectivity index (χ3n) is 5.40. The smallest absolute Gasteiger partial charge is 0.227 e. The van der Waals surface area contributed by atoms with Gasteiger partial charge >= 0.3 is 0 Å². The third-order valence-corrected chi connectivity index (χ3v) is 5.40.